The van der Waals surface area contributed by atoms with E-state index in [-0.39, 0.29) is 23.7 Å². The van der Waals surface area contributed by atoms with E-state index in [0.29, 0.717) is 5.56 Å². The Labute approximate surface area is 101 Å². The van der Waals surface area contributed by atoms with Crippen LogP contribution in [0.3, 0.4) is 0 Å². The molecule has 0 bridgehead atoms. The molecular formula is C13H18N2O2. The van der Waals surface area contributed by atoms with Crippen molar-refractivity contribution in [3.63, 3.8) is 0 Å². The lowest BCUT2D eigenvalue weighted by Crippen LogP contribution is -2.49. The van der Waals surface area contributed by atoms with E-state index in [4.69, 9.17) is 5.73 Å². The van der Waals surface area contributed by atoms with Crippen molar-refractivity contribution in [3.05, 3.63) is 29.8 Å². The molecule has 1 aliphatic rings. The molecule has 1 amide bonds. The van der Waals surface area contributed by atoms with Crippen LogP contribution in [0.5, 0.6) is 5.75 Å². The van der Waals surface area contributed by atoms with Gasteiger partial charge in [0.15, 0.2) is 0 Å². The number of amides is 1. The van der Waals surface area contributed by atoms with E-state index < -0.39 is 0 Å². The molecule has 1 saturated carbocycles. The highest BCUT2D eigenvalue weighted by Crippen LogP contribution is 2.19. The van der Waals surface area contributed by atoms with Crippen LogP contribution < -0.4 is 11.1 Å². The van der Waals surface area contributed by atoms with Gasteiger partial charge in [0.05, 0.1) is 5.56 Å². The van der Waals surface area contributed by atoms with Crippen molar-refractivity contribution in [1.29, 1.82) is 0 Å². The fourth-order valence-electron chi connectivity index (χ4n) is 2.25. The van der Waals surface area contributed by atoms with E-state index >= 15 is 0 Å². The first-order valence-electron chi connectivity index (χ1n) is 6.03. The van der Waals surface area contributed by atoms with E-state index in [1.54, 1.807) is 18.2 Å². The molecule has 2 rings (SSSR count). The Morgan fingerprint density at radius 3 is 2.71 bits per heavy atom. The average molecular weight is 234 g/mol. The number of hydrogen-bond acceptors (Lipinski definition) is 3. The van der Waals surface area contributed by atoms with Gasteiger partial charge in [-0.15, -0.1) is 0 Å². The summed E-state index contributed by atoms with van der Waals surface area (Å²) in [6.45, 7) is 0. The van der Waals surface area contributed by atoms with E-state index in [9.17, 15) is 9.90 Å². The molecule has 17 heavy (non-hydrogen) atoms. The highest BCUT2D eigenvalue weighted by molar-refractivity contribution is 5.96. The minimum absolute atomic E-state index is 0.00869. The van der Waals surface area contributed by atoms with Crippen LogP contribution in [-0.2, 0) is 0 Å². The first-order valence-corrected chi connectivity index (χ1v) is 6.03. The Morgan fingerprint density at radius 1 is 1.29 bits per heavy atom. The molecule has 4 N–H and O–H groups in total. The predicted molar refractivity (Wildman–Crippen MR) is 65.8 cm³/mol. The molecular weight excluding hydrogens is 216 g/mol. The summed E-state index contributed by atoms with van der Waals surface area (Å²) in [5.41, 5.74) is 6.28. The minimum atomic E-state index is -0.245. The van der Waals surface area contributed by atoms with Gasteiger partial charge in [0.2, 0.25) is 0 Å². The first kappa shape index (κ1) is 11.9. The molecule has 1 aromatic carbocycles. The highest BCUT2D eigenvalue weighted by atomic mass is 16.3. The van der Waals surface area contributed by atoms with Crippen LogP contribution in [0.4, 0.5) is 0 Å². The van der Waals surface area contributed by atoms with Gasteiger partial charge in [-0.25, -0.2) is 0 Å². The second-order valence-electron chi connectivity index (χ2n) is 4.55. The van der Waals surface area contributed by atoms with Crippen molar-refractivity contribution >= 4 is 5.91 Å². The van der Waals surface area contributed by atoms with Crippen LogP contribution in [-0.4, -0.2) is 23.1 Å². The Kier molecular flexibility index (Phi) is 3.64. The van der Waals surface area contributed by atoms with Gasteiger partial charge in [-0.3, -0.25) is 4.79 Å². The molecule has 2 unspecified atom stereocenters. The molecule has 0 radical (unpaired) electrons. The lowest BCUT2D eigenvalue weighted by atomic mass is 9.91. The lowest BCUT2D eigenvalue weighted by Gasteiger charge is -2.29. The standard InChI is InChI=1S/C13H18N2O2/c14-10-6-2-3-7-11(10)15-13(17)9-5-1-4-8-12(9)16/h1,4-5,8,10-11,16H,2-3,6-7,14H2,(H,15,17). The summed E-state index contributed by atoms with van der Waals surface area (Å²) < 4.78 is 0. The van der Waals surface area contributed by atoms with E-state index in [1.165, 1.54) is 6.07 Å². The van der Waals surface area contributed by atoms with Crippen molar-refractivity contribution < 1.29 is 9.90 Å². The summed E-state index contributed by atoms with van der Waals surface area (Å²) in [7, 11) is 0. The van der Waals surface area contributed by atoms with Gasteiger partial charge in [-0.05, 0) is 25.0 Å². The highest BCUT2D eigenvalue weighted by Gasteiger charge is 2.24. The number of benzene rings is 1. The molecule has 1 aliphatic carbocycles. The summed E-state index contributed by atoms with van der Waals surface area (Å²) in [5, 5.41) is 12.5. The van der Waals surface area contributed by atoms with Crippen molar-refractivity contribution in [2.45, 2.75) is 37.8 Å². The molecule has 0 heterocycles. The van der Waals surface area contributed by atoms with E-state index in [0.717, 1.165) is 25.7 Å². The van der Waals surface area contributed by atoms with Crippen LogP contribution in [0.15, 0.2) is 24.3 Å². The number of para-hydroxylation sites is 1. The molecule has 0 saturated heterocycles. The zero-order valence-corrected chi connectivity index (χ0v) is 9.73. The van der Waals surface area contributed by atoms with Crippen molar-refractivity contribution in [1.82, 2.24) is 5.32 Å². The second-order valence-corrected chi connectivity index (χ2v) is 4.55. The molecule has 2 atom stereocenters. The molecule has 4 heteroatoms. The monoisotopic (exact) mass is 234 g/mol. The fourth-order valence-corrected chi connectivity index (χ4v) is 2.25. The number of rotatable bonds is 2. The number of carbonyl (C=O) groups excluding carboxylic acids is 1. The number of aromatic hydroxyl groups is 1. The normalized spacial score (nSPS) is 24.3. The van der Waals surface area contributed by atoms with Crippen LogP contribution >= 0.6 is 0 Å². The maximum Gasteiger partial charge on any atom is 0.255 e. The Balaban J connectivity index is 2.04. The maximum atomic E-state index is 12.0. The smallest absolute Gasteiger partial charge is 0.255 e. The lowest BCUT2D eigenvalue weighted by molar-refractivity contribution is 0.0918. The van der Waals surface area contributed by atoms with E-state index in [2.05, 4.69) is 5.32 Å². The molecule has 0 spiro atoms. The van der Waals surface area contributed by atoms with Gasteiger partial charge in [0.25, 0.3) is 5.91 Å². The van der Waals surface area contributed by atoms with Crippen molar-refractivity contribution in [3.8, 4) is 5.75 Å². The third-order valence-electron chi connectivity index (χ3n) is 3.28. The number of nitrogens with two attached hydrogens (primary N) is 1. The van der Waals surface area contributed by atoms with Crippen LogP contribution in [0.25, 0.3) is 0 Å². The minimum Gasteiger partial charge on any atom is -0.507 e. The van der Waals surface area contributed by atoms with Gasteiger partial charge in [-0.2, -0.15) is 0 Å². The summed E-state index contributed by atoms with van der Waals surface area (Å²) in [6.07, 6.45) is 4.09. The molecule has 4 nitrogen and oxygen atoms in total. The largest absolute Gasteiger partial charge is 0.507 e. The topological polar surface area (TPSA) is 75.3 Å². The van der Waals surface area contributed by atoms with Crippen LogP contribution in [0, 0.1) is 0 Å². The quantitative estimate of drug-likeness (QED) is 0.724. The number of phenols is 1. The Morgan fingerprint density at radius 2 is 2.00 bits per heavy atom. The zero-order valence-electron chi connectivity index (χ0n) is 9.73. The van der Waals surface area contributed by atoms with Crippen LogP contribution in [0.1, 0.15) is 36.0 Å². The third-order valence-corrected chi connectivity index (χ3v) is 3.28. The maximum absolute atomic E-state index is 12.0. The summed E-state index contributed by atoms with van der Waals surface area (Å²) in [5.74, 6) is -0.236. The average Bonchev–Trinajstić information content (AvgIpc) is 2.32. The van der Waals surface area contributed by atoms with Gasteiger partial charge in [0.1, 0.15) is 5.75 Å². The van der Waals surface area contributed by atoms with Gasteiger partial charge in [-0.1, -0.05) is 25.0 Å². The number of hydrogen-bond donors (Lipinski definition) is 3. The summed E-state index contributed by atoms with van der Waals surface area (Å²) in [6, 6.07) is 6.59. The van der Waals surface area contributed by atoms with Gasteiger partial charge < -0.3 is 16.2 Å². The van der Waals surface area contributed by atoms with Crippen molar-refractivity contribution in [2.24, 2.45) is 5.73 Å². The third kappa shape index (κ3) is 2.77. The Bertz CT molecular complexity index is 406. The summed E-state index contributed by atoms with van der Waals surface area (Å²) in [4.78, 5) is 12.0. The molecule has 1 aromatic rings. The number of carbonyl (C=O) groups is 1. The molecule has 1 fully saturated rings. The van der Waals surface area contributed by atoms with E-state index in [1.807, 2.05) is 0 Å². The first-order chi connectivity index (χ1) is 8.18. The fraction of sp³-hybridized carbons (Fsp3) is 0.462. The summed E-state index contributed by atoms with van der Waals surface area (Å²) >= 11 is 0. The Hall–Kier alpha value is -1.55. The SMILES string of the molecule is NC1CCCCC1NC(=O)c1ccccc1O. The second kappa shape index (κ2) is 5.19. The number of phenolic OH excluding ortho intramolecular Hbond substituents is 1. The van der Waals surface area contributed by atoms with Gasteiger partial charge >= 0.3 is 0 Å². The molecule has 0 aromatic heterocycles. The van der Waals surface area contributed by atoms with Crippen molar-refractivity contribution in [2.75, 3.05) is 0 Å². The zero-order chi connectivity index (χ0) is 12.3. The molecule has 0 aliphatic heterocycles. The number of nitrogens with one attached hydrogen (secondary N) is 1. The van der Waals surface area contributed by atoms with Gasteiger partial charge in [0, 0.05) is 12.1 Å². The molecule has 92 valence electrons. The predicted octanol–water partition coefficient (Wildman–Crippen LogP) is 1.39. The van der Waals surface area contributed by atoms with Crippen LogP contribution in [0.2, 0.25) is 0 Å².